The Balaban J connectivity index is 1.82. The van der Waals surface area contributed by atoms with Gasteiger partial charge in [0, 0.05) is 5.56 Å². The van der Waals surface area contributed by atoms with Crippen molar-refractivity contribution in [1.82, 2.24) is 10.2 Å². The van der Waals surface area contributed by atoms with Crippen molar-refractivity contribution in [2.24, 2.45) is 4.99 Å². The number of halogens is 4. The van der Waals surface area contributed by atoms with Crippen LogP contribution < -0.4 is 5.32 Å². The zero-order valence-electron chi connectivity index (χ0n) is 16.3. The summed E-state index contributed by atoms with van der Waals surface area (Å²) in [6.45, 7) is -0.306. The van der Waals surface area contributed by atoms with E-state index in [1.807, 2.05) is 0 Å². The van der Waals surface area contributed by atoms with Gasteiger partial charge in [-0.1, -0.05) is 54.1 Å². The molecule has 2 heterocycles. The third kappa shape index (κ3) is 3.75. The first-order valence-electron chi connectivity index (χ1n) is 9.36. The van der Waals surface area contributed by atoms with E-state index in [9.17, 15) is 22.8 Å². The van der Waals surface area contributed by atoms with Gasteiger partial charge < -0.3 is 9.73 Å². The predicted octanol–water partition coefficient (Wildman–Crippen LogP) is 4.41. The molecule has 2 amide bonds. The van der Waals surface area contributed by atoms with Gasteiger partial charge in [0.05, 0.1) is 23.4 Å². The molecule has 1 aliphatic rings. The maximum atomic E-state index is 14.4. The number of hydrogen-bond acceptors (Lipinski definition) is 4. The third-order valence-electron chi connectivity index (χ3n) is 4.83. The molecule has 2 aromatic carbocycles. The highest BCUT2D eigenvalue weighted by molar-refractivity contribution is 6.34. The van der Waals surface area contributed by atoms with Crippen LogP contribution in [0.5, 0.6) is 0 Å². The molecule has 4 rings (SSSR count). The highest BCUT2D eigenvalue weighted by Crippen LogP contribution is 2.39. The van der Waals surface area contributed by atoms with Crippen molar-refractivity contribution < 1.29 is 27.2 Å². The number of aliphatic imine (C=N–C) groups is 1. The smallest absolute Gasteiger partial charge is 0.442 e. The van der Waals surface area contributed by atoms with E-state index in [1.54, 1.807) is 29.6 Å². The number of amidine groups is 1. The minimum atomic E-state index is -5.24. The number of nitrogens with one attached hydrogen (secondary N) is 1. The van der Waals surface area contributed by atoms with E-state index in [2.05, 4.69) is 4.99 Å². The maximum absolute atomic E-state index is 14.4. The number of alkyl halides is 3. The Morgan fingerprint density at radius 3 is 2.38 bits per heavy atom. The lowest BCUT2D eigenvalue weighted by Gasteiger charge is -2.29. The third-order valence-corrected chi connectivity index (χ3v) is 5.16. The molecule has 164 valence electrons. The molecule has 1 N–H and O–H groups in total. The van der Waals surface area contributed by atoms with E-state index >= 15 is 0 Å². The summed E-state index contributed by atoms with van der Waals surface area (Å²) in [5.41, 5.74) is -3.47. The number of carbonyl (C=O) groups excluding carboxylic acids is 2. The van der Waals surface area contributed by atoms with Crippen LogP contribution in [0.15, 0.2) is 82.4 Å². The highest BCUT2D eigenvalue weighted by Gasteiger charge is 2.67. The second kappa shape index (κ2) is 8.16. The minimum absolute atomic E-state index is 0.0625. The number of rotatable bonds is 5. The molecule has 6 nitrogen and oxygen atoms in total. The molecule has 1 aliphatic heterocycles. The van der Waals surface area contributed by atoms with Gasteiger partial charge in [-0.3, -0.25) is 14.5 Å². The van der Waals surface area contributed by atoms with Gasteiger partial charge in [-0.05, 0) is 24.3 Å². The Hall–Kier alpha value is -3.59. The van der Waals surface area contributed by atoms with E-state index in [0.29, 0.717) is 0 Å². The van der Waals surface area contributed by atoms with Crippen molar-refractivity contribution in [3.8, 4) is 0 Å². The fourth-order valence-electron chi connectivity index (χ4n) is 3.29. The van der Waals surface area contributed by atoms with E-state index < -0.39 is 23.7 Å². The zero-order chi connectivity index (χ0) is 22.9. The second-order valence-electron chi connectivity index (χ2n) is 6.91. The normalized spacial score (nSPS) is 18.6. The van der Waals surface area contributed by atoms with Crippen molar-refractivity contribution in [3.63, 3.8) is 0 Å². The van der Waals surface area contributed by atoms with Crippen LogP contribution in [0.4, 0.5) is 13.2 Å². The molecule has 3 aromatic rings. The van der Waals surface area contributed by atoms with Crippen LogP contribution in [-0.4, -0.2) is 34.4 Å². The Morgan fingerprint density at radius 2 is 1.75 bits per heavy atom. The summed E-state index contributed by atoms with van der Waals surface area (Å²) in [7, 11) is 0. The molecule has 0 radical (unpaired) electrons. The van der Waals surface area contributed by atoms with Crippen molar-refractivity contribution in [1.29, 1.82) is 0 Å². The number of amides is 2. The lowest BCUT2D eigenvalue weighted by molar-refractivity contribution is -0.196. The Morgan fingerprint density at radius 1 is 1.06 bits per heavy atom. The summed E-state index contributed by atoms with van der Waals surface area (Å²) in [6.07, 6.45) is -3.90. The van der Waals surface area contributed by atoms with E-state index in [1.165, 1.54) is 48.7 Å². The van der Waals surface area contributed by atoms with Crippen molar-refractivity contribution in [2.45, 2.75) is 18.4 Å². The average Bonchev–Trinajstić information content (AvgIpc) is 3.37. The molecular weight excluding hydrogens is 447 g/mol. The van der Waals surface area contributed by atoms with Crippen LogP contribution in [0.2, 0.25) is 5.02 Å². The second-order valence-corrected chi connectivity index (χ2v) is 7.32. The molecular formula is C22H15ClF3N3O3. The predicted molar refractivity (Wildman–Crippen MR) is 110 cm³/mol. The number of hydrogen-bond donors (Lipinski definition) is 1. The van der Waals surface area contributed by atoms with Gasteiger partial charge in [-0.2, -0.15) is 13.2 Å². The number of benzene rings is 2. The molecule has 32 heavy (non-hydrogen) atoms. The van der Waals surface area contributed by atoms with Crippen LogP contribution in [0, 0.1) is 0 Å². The molecule has 0 aliphatic carbocycles. The molecule has 1 unspecified atom stereocenters. The first kappa shape index (κ1) is 21.6. The first-order valence-corrected chi connectivity index (χ1v) is 9.74. The summed E-state index contributed by atoms with van der Waals surface area (Å²) in [4.78, 5) is 30.6. The largest absolute Gasteiger partial charge is 0.467 e. The van der Waals surface area contributed by atoms with Crippen molar-refractivity contribution in [2.75, 3.05) is 0 Å². The molecule has 1 aromatic heterocycles. The summed E-state index contributed by atoms with van der Waals surface area (Å²) < 4.78 is 48.3. The van der Waals surface area contributed by atoms with Gasteiger partial charge >= 0.3 is 11.8 Å². The molecule has 1 atom stereocenters. The van der Waals surface area contributed by atoms with Gasteiger partial charge in [0.2, 0.25) is 0 Å². The van der Waals surface area contributed by atoms with Gasteiger partial charge in [-0.15, -0.1) is 0 Å². The molecule has 0 bridgehead atoms. The van der Waals surface area contributed by atoms with E-state index in [0.717, 1.165) is 4.90 Å². The van der Waals surface area contributed by atoms with Crippen molar-refractivity contribution >= 4 is 29.3 Å². The molecule has 0 saturated carbocycles. The SMILES string of the molecule is O=C(NC1(C(F)(F)F)N=C(c2ccccc2)N(Cc2ccco2)C1=O)c1ccccc1Cl. The zero-order valence-corrected chi connectivity index (χ0v) is 17.0. The lowest BCUT2D eigenvalue weighted by Crippen LogP contribution is -2.63. The first-order chi connectivity index (χ1) is 15.2. The van der Waals surface area contributed by atoms with Crippen LogP contribution in [0.3, 0.4) is 0 Å². The number of carbonyl (C=O) groups is 2. The van der Waals surface area contributed by atoms with Gasteiger partial charge in [0.1, 0.15) is 11.6 Å². The quantitative estimate of drug-likeness (QED) is 0.611. The molecule has 0 fully saturated rings. The fourth-order valence-corrected chi connectivity index (χ4v) is 3.51. The van der Waals surface area contributed by atoms with Crippen LogP contribution in [0.1, 0.15) is 21.7 Å². The van der Waals surface area contributed by atoms with E-state index in [-0.39, 0.29) is 34.3 Å². The van der Waals surface area contributed by atoms with Crippen molar-refractivity contribution in [3.05, 3.63) is 94.9 Å². The average molecular weight is 462 g/mol. The molecule has 0 spiro atoms. The molecule has 0 saturated heterocycles. The number of nitrogens with zero attached hydrogens (tertiary/aromatic N) is 2. The summed E-state index contributed by atoms with van der Waals surface area (Å²) in [5.74, 6) is -2.64. The number of furan rings is 1. The van der Waals surface area contributed by atoms with Crippen LogP contribution >= 0.6 is 11.6 Å². The topological polar surface area (TPSA) is 74.9 Å². The standard InChI is InChI=1S/C22H15ClF3N3O3/c23-17-11-5-4-10-16(17)19(30)28-21(22(24,25)26)20(31)29(13-15-9-6-12-32-15)18(27-21)14-7-2-1-3-8-14/h1-12H,13H2,(H,28,30). The Bertz CT molecular complexity index is 1180. The molecule has 10 heteroatoms. The monoisotopic (exact) mass is 461 g/mol. The Kier molecular flexibility index (Phi) is 5.52. The fraction of sp³-hybridized carbons (Fsp3) is 0.136. The van der Waals surface area contributed by atoms with E-state index in [4.69, 9.17) is 16.0 Å². The summed E-state index contributed by atoms with van der Waals surface area (Å²) in [6, 6.07) is 16.6. The maximum Gasteiger partial charge on any atom is 0.442 e. The van der Waals surface area contributed by atoms with Gasteiger partial charge in [-0.25, -0.2) is 4.99 Å². The van der Waals surface area contributed by atoms with Crippen LogP contribution in [0.25, 0.3) is 0 Å². The van der Waals surface area contributed by atoms with Gasteiger partial charge in [0.25, 0.3) is 11.8 Å². The highest BCUT2D eigenvalue weighted by atomic mass is 35.5. The summed E-state index contributed by atoms with van der Waals surface area (Å²) in [5, 5.41) is 1.73. The minimum Gasteiger partial charge on any atom is -0.467 e. The van der Waals surface area contributed by atoms with Gasteiger partial charge in [0.15, 0.2) is 0 Å². The van der Waals surface area contributed by atoms with Crippen LogP contribution in [-0.2, 0) is 11.3 Å². The lowest BCUT2D eigenvalue weighted by atomic mass is 10.1. The Labute approximate surface area is 185 Å². The summed E-state index contributed by atoms with van der Waals surface area (Å²) >= 11 is 5.96.